The van der Waals surface area contributed by atoms with Crippen LogP contribution in [0, 0.1) is 0 Å². The number of amides is 2. The number of fused-ring (bicyclic) bond motifs is 3. The molecule has 0 saturated heterocycles. The fourth-order valence-electron chi connectivity index (χ4n) is 4.24. The molecule has 0 unspecified atom stereocenters. The maximum atomic E-state index is 13.4. The number of ether oxygens (including phenoxy) is 3. The molecule has 3 N–H and O–H groups in total. The van der Waals surface area contributed by atoms with Crippen LogP contribution in [0.4, 0.5) is 5.69 Å². The van der Waals surface area contributed by atoms with Crippen molar-refractivity contribution in [3.05, 3.63) is 94.3 Å². The molecule has 9 nitrogen and oxygen atoms in total. The summed E-state index contributed by atoms with van der Waals surface area (Å²) in [6, 6.07) is 20.6. The maximum Gasteiger partial charge on any atom is 0.344 e. The smallest absolute Gasteiger partial charge is 0.344 e. The number of carbonyl (C=O) groups excluding carboxylic acids is 2. The van der Waals surface area contributed by atoms with E-state index in [1.54, 1.807) is 79.9 Å². The summed E-state index contributed by atoms with van der Waals surface area (Å²) in [5.74, 6) is -0.393. The molecule has 2 atom stereocenters. The summed E-state index contributed by atoms with van der Waals surface area (Å²) in [4.78, 5) is 37.5. The molecule has 0 bridgehead atoms. The standard InChI is InChI=1S/C27H22N2O7/c1-33-17-12-8-16(9-13-17)29-26(31)25-22(15-6-10-18(11-7-15)34-14-21(28)30)23-24(36-25)19-4-2-3-5-20(19)35-27(23)32/h2-13,22,25H,14H2,1H3,(H2,28,30)(H,29,31)/t22-,25-/m1/s1. The van der Waals surface area contributed by atoms with Crippen molar-refractivity contribution in [3.63, 3.8) is 0 Å². The largest absolute Gasteiger partial charge is 0.497 e. The van der Waals surface area contributed by atoms with E-state index in [9.17, 15) is 14.4 Å². The molecule has 2 amide bonds. The van der Waals surface area contributed by atoms with Crippen LogP contribution in [0.2, 0.25) is 0 Å². The van der Waals surface area contributed by atoms with E-state index in [2.05, 4.69) is 5.32 Å². The second-order valence-electron chi connectivity index (χ2n) is 8.19. The molecule has 0 spiro atoms. The maximum absolute atomic E-state index is 13.4. The third kappa shape index (κ3) is 4.34. The van der Waals surface area contributed by atoms with Gasteiger partial charge in [-0.2, -0.15) is 0 Å². The Kier molecular flexibility index (Phi) is 6.03. The molecule has 5 rings (SSSR count). The van der Waals surface area contributed by atoms with Gasteiger partial charge in [0.25, 0.3) is 11.8 Å². The molecule has 1 aliphatic heterocycles. The molecule has 36 heavy (non-hydrogen) atoms. The minimum absolute atomic E-state index is 0.259. The van der Waals surface area contributed by atoms with Gasteiger partial charge in [-0.25, -0.2) is 4.79 Å². The minimum Gasteiger partial charge on any atom is -0.497 e. The monoisotopic (exact) mass is 486 g/mol. The number of nitrogens with two attached hydrogens (primary N) is 1. The van der Waals surface area contributed by atoms with Crippen molar-refractivity contribution in [1.82, 2.24) is 0 Å². The van der Waals surface area contributed by atoms with Crippen LogP contribution >= 0.6 is 0 Å². The third-order valence-corrected chi connectivity index (χ3v) is 5.89. The normalized spacial score (nSPS) is 16.1. The molecule has 0 saturated carbocycles. The molecule has 0 aliphatic carbocycles. The van der Waals surface area contributed by atoms with Crippen LogP contribution in [0.25, 0.3) is 11.0 Å². The van der Waals surface area contributed by atoms with Crippen LogP contribution in [-0.4, -0.2) is 31.6 Å². The molecule has 2 heterocycles. The van der Waals surface area contributed by atoms with Crippen molar-refractivity contribution in [1.29, 1.82) is 0 Å². The summed E-state index contributed by atoms with van der Waals surface area (Å²) in [5, 5.41) is 3.45. The molecular weight excluding hydrogens is 464 g/mol. The van der Waals surface area contributed by atoms with Gasteiger partial charge in [-0.15, -0.1) is 0 Å². The lowest BCUT2D eigenvalue weighted by atomic mass is 9.88. The van der Waals surface area contributed by atoms with Crippen molar-refractivity contribution in [2.24, 2.45) is 5.73 Å². The van der Waals surface area contributed by atoms with E-state index in [4.69, 9.17) is 24.4 Å². The van der Waals surface area contributed by atoms with Gasteiger partial charge >= 0.3 is 5.63 Å². The average Bonchev–Trinajstić information content (AvgIpc) is 3.30. The van der Waals surface area contributed by atoms with Gasteiger partial charge in [-0.3, -0.25) is 9.59 Å². The Hall–Kier alpha value is -4.79. The number of hydrogen-bond donors (Lipinski definition) is 2. The van der Waals surface area contributed by atoms with E-state index in [1.807, 2.05) is 0 Å². The van der Waals surface area contributed by atoms with E-state index in [-0.39, 0.29) is 12.2 Å². The molecule has 4 aromatic rings. The zero-order chi connectivity index (χ0) is 25.2. The predicted octanol–water partition coefficient (Wildman–Crippen LogP) is 3.20. The summed E-state index contributed by atoms with van der Waals surface area (Å²) in [6.07, 6.45) is -1.05. The van der Waals surface area contributed by atoms with E-state index >= 15 is 0 Å². The van der Waals surface area contributed by atoms with Crippen LogP contribution in [0.3, 0.4) is 0 Å². The minimum atomic E-state index is -1.05. The fraction of sp³-hybridized carbons (Fsp3) is 0.148. The first kappa shape index (κ1) is 23.0. The number of hydrogen-bond acceptors (Lipinski definition) is 7. The molecule has 182 valence electrons. The van der Waals surface area contributed by atoms with E-state index in [0.29, 0.717) is 39.5 Å². The van der Waals surface area contributed by atoms with Crippen LogP contribution < -0.4 is 30.9 Å². The van der Waals surface area contributed by atoms with Crippen molar-refractivity contribution in [2.75, 3.05) is 19.0 Å². The number of methoxy groups -OCH3 is 1. The fourth-order valence-corrected chi connectivity index (χ4v) is 4.24. The van der Waals surface area contributed by atoms with Gasteiger partial charge < -0.3 is 29.7 Å². The second kappa shape index (κ2) is 9.46. The molecular formula is C27H22N2O7. The highest BCUT2D eigenvalue weighted by Gasteiger charge is 2.44. The Labute approximate surface area is 205 Å². The number of nitrogens with one attached hydrogen (secondary N) is 1. The van der Waals surface area contributed by atoms with E-state index < -0.39 is 29.5 Å². The molecule has 9 heteroatoms. The first-order chi connectivity index (χ1) is 17.4. The molecule has 3 aromatic carbocycles. The highest BCUT2D eigenvalue weighted by Crippen LogP contribution is 2.44. The van der Waals surface area contributed by atoms with Gasteiger partial charge in [0.15, 0.2) is 12.7 Å². The van der Waals surface area contributed by atoms with Crippen molar-refractivity contribution in [2.45, 2.75) is 12.0 Å². The van der Waals surface area contributed by atoms with Crippen LogP contribution in [0.5, 0.6) is 17.2 Å². The molecule has 0 radical (unpaired) electrons. The number of rotatable bonds is 7. The van der Waals surface area contributed by atoms with E-state index in [0.717, 1.165) is 0 Å². The van der Waals surface area contributed by atoms with Gasteiger partial charge in [-0.05, 0) is 54.1 Å². The van der Waals surface area contributed by atoms with Crippen molar-refractivity contribution >= 4 is 28.5 Å². The summed E-state index contributed by atoms with van der Waals surface area (Å²) in [6.45, 7) is -0.267. The van der Waals surface area contributed by atoms with Crippen LogP contribution in [0.1, 0.15) is 17.0 Å². The Morgan fingerprint density at radius 2 is 1.67 bits per heavy atom. The van der Waals surface area contributed by atoms with E-state index in [1.165, 1.54) is 0 Å². The van der Waals surface area contributed by atoms with Crippen molar-refractivity contribution in [3.8, 4) is 17.2 Å². The molecule has 1 aromatic heterocycles. The number of primary amides is 1. The highest BCUT2D eigenvalue weighted by molar-refractivity contribution is 5.97. The number of benzene rings is 3. The number of carbonyl (C=O) groups is 2. The lowest BCUT2D eigenvalue weighted by Crippen LogP contribution is -2.35. The van der Waals surface area contributed by atoms with Crippen LogP contribution in [-0.2, 0) is 9.59 Å². The van der Waals surface area contributed by atoms with Gasteiger partial charge in [0.05, 0.1) is 24.0 Å². The lowest BCUT2D eigenvalue weighted by molar-refractivity contribution is -0.122. The highest BCUT2D eigenvalue weighted by atomic mass is 16.5. The molecule has 1 aliphatic rings. The summed E-state index contributed by atoms with van der Waals surface area (Å²) >= 11 is 0. The Balaban J connectivity index is 1.54. The van der Waals surface area contributed by atoms with Gasteiger partial charge in [0.2, 0.25) is 0 Å². The Morgan fingerprint density at radius 1 is 0.972 bits per heavy atom. The first-order valence-corrected chi connectivity index (χ1v) is 11.1. The quantitative estimate of drug-likeness (QED) is 0.384. The Morgan fingerprint density at radius 3 is 2.36 bits per heavy atom. The van der Waals surface area contributed by atoms with Gasteiger partial charge in [0.1, 0.15) is 22.8 Å². The summed E-state index contributed by atoms with van der Waals surface area (Å²) in [5.41, 5.74) is 6.37. The zero-order valence-electron chi connectivity index (χ0n) is 19.2. The summed E-state index contributed by atoms with van der Waals surface area (Å²) < 4.78 is 22.2. The topological polar surface area (TPSA) is 130 Å². The average molecular weight is 486 g/mol. The zero-order valence-corrected chi connectivity index (χ0v) is 19.2. The number of anilines is 1. The number of para-hydroxylation sites is 1. The predicted molar refractivity (Wildman–Crippen MR) is 131 cm³/mol. The van der Waals surface area contributed by atoms with Crippen LogP contribution in [0.15, 0.2) is 82.0 Å². The molecule has 0 fully saturated rings. The SMILES string of the molecule is COc1ccc(NC(=O)[C@@H]2Oc3c(c(=O)oc4ccccc34)[C@H]2c2ccc(OCC(N)=O)cc2)cc1. The second-order valence-corrected chi connectivity index (χ2v) is 8.19. The third-order valence-electron chi connectivity index (χ3n) is 5.89. The van der Waals surface area contributed by atoms with Gasteiger partial charge in [0, 0.05) is 5.69 Å². The Bertz CT molecular complexity index is 1490. The van der Waals surface area contributed by atoms with Crippen molar-refractivity contribution < 1.29 is 28.2 Å². The summed E-state index contributed by atoms with van der Waals surface area (Å²) in [7, 11) is 1.56. The first-order valence-electron chi connectivity index (χ1n) is 11.1. The van der Waals surface area contributed by atoms with Gasteiger partial charge in [-0.1, -0.05) is 24.3 Å². The lowest BCUT2D eigenvalue weighted by Gasteiger charge is -2.19.